The van der Waals surface area contributed by atoms with Crippen molar-refractivity contribution >= 4 is 26.6 Å². The van der Waals surface area contributed by atoms with Crippen LogP contribution in [0.5, 0.6) is 0 Å². The molecule has 0 saturated heterocycles. The number of oxime groups is 1. The van der Waals surface area contributed by atoms with Crippen molar-refractivity contribution < 1.29 is 39.6 Å². The van der Waals surface area contributed by atoms with Crippen molar-refractivity contribution in [2.45, 2.75) is 11.6 Å². The van der Waals surface area contributed by atoms with Crippen LogP contribution < -0.4 is 0 Å². The van der Waals surface area contributed by atoms with Gasteiger partial charge in [0.15, 0.2) is 0 Å². The molecular weight excluding hydrogens is 391 g/mol. The number of hydrogen-bond donors (Lipinski definition) is 0. The van der Waals surface area contributed by atoms with Crippen LogP contribution in [0.15, 0.2) is 47.6 Å². The van der Waals surface area contributed by atoms with Crippen molar-refractivity contribution in [2.75, 3.05) is 0 Å². The van der Waals surface area contributed by atoms with Crippen molar-refractivity contribution in [3.05, 3.63) is 58.1 Å². The molecule has 2 aromatic rings. The zero-order valence-electron chi connectivity index (χ0n) is 12.3. The van der Waals surface area contributed by atoms with Crippen molar-refractivity contribution in [3.8, 4) is 0 Å². The second-order valence-corrected chi connectivity index (χ2v) is 6.26. The highest BCUT2D eigenvalue weighted by atomic mass is 32.2. The van der Waals surface area contributed by atoms with E-state index in [0.717, 1.165) is 6.07 Å². The Balaban J connectivity index is 2.70. The molecule has 0 heterocycles. The van der Waals surface area contributed by atoms with Gasteiger partial charge in [-0.2, -0.15) is 21.6 Å². The zero-order chi connectivity index (χ0) is 19.8. The minimum absolute atomic E-state index is 0.0386. The number of rotatable bonds is 5. The Morgan fingerprint density at radius 1 is 1.04 bits per heavy atom. The third kappa shape index (κ3) is 3.56. The second kappa shape index (κ2) is 6.48. The zero-order valence-corrected chi connectivity index (χ0v) is 13.1. The summed E-state index contributed by atoms with van der Waals surface area (Å²) < 4.78 is 89.7. The monoisotopic (exact) mass is 398 g/mol. The highest BCUT2D eigenvalue weighted by Crippen LogP contribution is 2.30. The Hall–Kier alpha value is -2.83. The lowest BCUT2D eigenvalue weighted by atomic mass is 10.00. The molecule has 0 aliphatic carbocycles. The highest BCUT2D eigenvalue weighted by Gasteiger charge is 2.54. The van der Waals surface area contributed by atoms with E-state index in [-0.39, 0.29) is 5.39 Å². The van der Waals surface area contributed by atoms with E-state index < -0.39 is 37.9 Å². The molecule has 0 spiro atoms. The Morgan fingerprint density at radius 3 is 2.19 bits per heavy atom. The van der Waals surface area contributed by atoms with Gasteiger partial charge in [0, 0.05) is 5.56 Å². The van der Waals surface area contributed by atoms with Gasteiger partial charge < -0.3 is 0 Å². The molecule has 140 valence electrons. The van der Waals surface area contributed by atoms with E-state index in [9.17, 15) is 40.5 Å². The van der Waals surface area contributed by atoms with Gasteiger partial charge in [0.2, 0.25) is 5.71 Å². The van der Waals surface area contributed by atoms with E-state index in [1.807, 2.05) is 0 Å². The molecule has 0 saturated carbocycles. The van der Waals surface area contributed by atoms with Crippen LogP contribution >= 0.6 is 0 Å². The van der Waals surface area contributed by atoms with Crippen LogP contribution in [-0.2, 0) is 14.4 Å². The predicted octanol–water partition coefficient (Wildman–Crippen LogP) is 3.28. The SMILES string of the molecule is O=[N+]([O-])C(F)(F)C(=NOS(=O)(=O)C(F)(F)F)c1cccc2ccccc12. The number of nitro groups is 1. The maximum absolute atomic E-state index is 13.9. The molecule has 0 unspecified atom stereocenters. The number of benzene rings is 2. The first-order valence-corrected chi connectivity index (χ1v) is 7.87. The normalized spacial score (nSPS) is 13.7. The third-order valence-corrected chi connectivity index (χ3v) is 3.91. The molecule has 2 aromatic carbocycles. The summed E-state index contributed by atoms with van der Waals surface area (Å²) >= 11 is 0. The van der Waals surface area contributed by atoms with Gasteiger partial charge in [-0.3, -0.25) is 14.4 Å². The predicted molar refractivity (Wildman–Crippen MR) is 78.5 cm³/mol. The first-order valence-electron chi connectivity index (χ1n) is 6.47. The number of nitrogens with zero attached hydrogens (tertiary/aromatic N) is 2. The molecule has 13 heteroatoms. The van der Waals surface area contributed by atoms with Crippen molar-refractivity contribution in [3.63, 3.8) is 0 Å². The van der Waals surface area contributed by atoms with Crippen LogP contribution in [0, 0.1) is 10.1 Å². The standard InChI is InChI=1S/C13H7F5N2O5S/c14-12(15,20(21)22)11(19-25-26(23,24)13(16,17)18)10-7-3-5-8-4-1-2-6-9(8)10/h1-7H. The first-order chi connectivity index (χ1) is 11.9. The van der Waals surface area contributed by atoms with Crippen LogP contribution in [0.25, 0.3) is 10.8 Å². The maximum atomic E-state index is 13.9. The molecule has 0 radical (unpaired) electrons. The summed E-state index contributed by atoms with van der Waals surface area (Å²) in [6.07, 6.45) is 0. The summed E-state index contributed by atoms with van der Waals surface area (Å²) in [5, 5.41) is 13.2. The smallest absolute Gasteiger partial charge is 0.261 e. The topological polar surface area (TPSA) is 98.9 Å². The van der Waals surface area contributed by atoms with Gasteiger partial charge in [0.25, 0.3) is 0 Å². The Bertz CT molecular complexity index is 983. The van der Waals surface area contributed by atoms with Crippen LogP contribution in [0.2, 0.25) is 0 Å². The number of fused-ring (bicyclic) bond motifs is 1. The lowest BCUT2D eigenvalue weighted by molar-refractivity contribution is -0.616. The van der Waals surface area contributed by atoms with Gasteiger partial charge in [0.1, 0.15) is 4.92 Å². The Labute approximate surface area is 141 Å². The van der Waals surface area contributed by atoms with E-state index in [2.05, 4.69) is 9.44 Å². The van der Waals surface area contributed by atoms with Gasteiger partial charge in [-0.25, -0.2) is 0 Å². The van der Waals surface area contributed by atoms with Crippen LogP contribution in [-0.4, -0.2) is 30.6 Å². The molecule has 0 amide bonds. The average Bonchev–Trinajstić information content (AvgIpc) is 2.53. The summed E-state index contributed by atoms with van der Waals surface area (Å²) in [7, 11) is -6.38. The minimum atomic E-state index is -6.38. The van der Waals surface area contributed by atoms with Crippen molar-refractivity contribution in [2.24, 2.45) is 5.16 Å². The van der Waals surface area contributed by atoms with Crippen molar-refractivity contribution in [1.29, 1.82) is 0 Å². The molecule has 7 nitrogen and oxygen atoms in total. The molecular formula is C13H7F5N2O5S. The number of halogens is 5. The average molecular weight is 398 g/mol. The molecule has 26 heavy (non-hydrogen) atoms. The second-order valence-electron chi connectivity index (χ2n) is 4.74. The summed E-state index contributed by atoms with van der Waals surface area (Å²) in [6.45, 7) is 0. The number of alkyl halides is 5. The lowest BCUT2D eigenvalue weighted by Gasteiger charge is -2.13. The summed E-state index contributed by atoms with van der Waals surface area (Å²) in [4.78, 5) is 8.51. The van der Waals surface area contributed by atoms with Crippen molar-refractivity contribution in [1.82, 2.24) is 0 Å². The van der Waals surface area contributed by atoms with Crippen LogP contribution in [0.4, 0.5) is 22.0 Å². The lowest BCUT2D eigenvalue weighted by Crippen LogP contribution is -2.38. The van der Waals surface area contributed by atoms with E-state index in [0.29, 0.717) is 5.39 Å². The molecule has 0 aromatic heterocycles. The van der Waals surface area contributed by atoms with Crippen LogP contribution in [0.3, 0.4) is 0 Å². The van der Waals surface area contributed by atoms with Gasteiger partial charge in [-0.1, -0.05) is 47.6 Å². The van der Waals surface area contributed by atoms with Gasteiger partial charge in [-0.15, -0.1) is 8.78 Å². The molecule has 0 bridgehead atoms. The maximum Gasteiger partial charge on any atom is 0.560 e. The van der Waals surface area contributed by atoms with Gasteiger partial charge in [-0.05, 0) is 10.8 Å². The first kappa shape index (κ1) is 19.5. The summed E-state index contributed by atoms with van der Waals surface area (Å²) in [6, 6.07) is 4.08. The molecule has 0 aliphatic heterocycles. The highest BCUT2D eigenvalue weighted by molar-refractivity contribution is 7.87. The molecule has 0 atom stereocenters. The molecule has 0 N–H and O–H groups in total. The van der Waals surface area contributed by atoms with Crippen LogP contribution in [0.1, 0.15) is 5.56 Å². The summed E-state index contributed by atoms with van der Waals surface area (Å²) in [5.74, 6) is 0. The number of hydrogen-bond acceptors (Lipinski definition) is 6. The fraction of sp³-hybridized carbons (Fsp3) is 0.154. The van der Waals surface area contributed by atoms with E-state index in [1.54, 1.807) is 0 Å². The van der Waals surface area contributed by atoms with E-state index >= 15 is 0 Å². The molecule has 0 aliphatic rings. The Morgan fingerprint density at radius 2 is 1.62 bits per heavy atom. The summed E-state index contributed by atoms with van der Waals surface area (Å²) in [5.41, 5.74) is -8.51. The largest absolute Gasteiger partial charge is 0.560 e. The fourth-order valence-electron chi connectivity index (χ4n) is 1.91. The quantitative estimate of drug-likeness (QED) is 0.192. The van der Waals surface area contributed by atoms with Gasteiger partial charge in [0.05, 0.1) is 0 Å². The van der Waals surface area contributed by atoms with E-state index in [1.165, 1.54) is 36.4 Å². The molecule has 2 rings (SSSR count). The molecule has 0 fully saturated rings. The fourth-order valence-corrected chi connectivity index (χ4v) is 2.17. The third-order valence-electron chi connectivity index (χ3n) is 3.07. The van der Waals surface area contributed by atoms with E-state index in [4.69, 9.17) is 0 Å². The Kier molecular flexibility index (Phi) is 4.86. The minimum Gasteiger partial charge on any atom is -0.261 e. The van der Waals surface area contributed by atoms with Gasteiger partial charge >= 0.3 is 21.7 Å².